The van der Waals surface area contributed by atoms with Crippen LogP contribution in [-0.4, -0.2) is 20.9 Å². The predicted molar refractivity (Wildman–Crippen MR) is 121 cm³/mol. The first-order valence-corrected chi connectivity index (χ1v) is 10.7. The van der Waals surface area contributed by atoms with Crippen LogP contribution in [0.5, 0.6) is 5.75 Å². The van der Waals surface area contributed by atoms with Crippen molar-refractivity contribution in [3.63, 3.8) is 0 Å². The molecule has 0 unspecified atom stereocenters. The number of aromatic nitrogens is 3. The number of nitrogens with zero attached hydrogens (tertiary/aromatic N) is 4. The van der Waals surface area contributed by atoms with Gasteiger partial charge in [-0.2, -0.15) is 5.26 Å². The second-order valence-corrected chi connectivity index (χ2v) is 8.32. The molecule has 1 saturated carbocycles. The highest BCUT2D eigenvalue weighted by Crippen LogP contribution is 2.36. The summed E-state index contributed by atoms with van der Waals surface area (Å²) in [6.07, 6.45) is 3.94. The number of nitrogens with one attached hydrogen (secondary N) is 1. The molecule has 8 heteroatoms. The summed E-state index contributed by atoms with van der Waals surface area (Å²) in [4.78, 5) is 0. The molecule has 160 valence electrons. The standard InChI is InChI=1S/C23H22ClN5O.ClH/c24-18-7-10-20-17(11-18)13-26-14-22-27-28-23(29(20)22)15-5-8-19(9-6-15)30-21-4-2-1-3-16(21)12-25;/h1-4,7,10-11,15,19,26H,5-6,8-9,13-14H2;1H. The van der Waals surface area contributed by atoms with Gasteiger partial charge >= 0.3 is 0 Å². The van der Waals surface area contributed by atoms with Crippen molar-refractivity contribution < 1.29 is 4.74 Å². The summed E-state index contributed by atoms with van der Waals surface area (Å²) in [5, 5.41) is 22.5. The Hall–Kier alpha value is -2.59. The lowest BCUT2D eigenvalue weighted by Crippen LogP contribution is -2.25. The largest absolute Gasteiger partial charge is 0.489 e. The van der Waals surface area contributed by atoms with Crippen LogP contribution < -0.4 is 10.1 Å². The predicted octanol–water partition coefficient (Wildman–Crippen LogP) is 4.92. The Morgan fingerprint density at radius 3 is 2.68 bits per heavy atom. The molecule has 2 aromatic carbocycles. The molecule has 1 aromatic heterocycles. The van der Waals surface area contributed by atoms with Gasteiger partial charge in [-0.05, 0) is 61.6 Å². The number of hydrogen-bond donors (Lipinski definition) is 1. The molecule has 3 aromatic rings. The fourth-order valence-electron chi connectivity index (χ4n) is 4.47. The summed E-state index contributed by atoms with van der Waals surface area (Å²) in [6, 6.07) is 15.7. The van der Waals surface area contributed by atoms with Crippen LogP contribution in [0, 0.1) is 11.3 Å². The van der Waals surface area contributed by atoms with E-state index < -0.39 is 0 Å². The number of halogens is 2. The van der Waals surface area contributed by atoms with Gasteiger partial charge in [0.15, 0.2) is 5.82 Å². The third kappa shape index (κ3) is 4.27. The van der Waals surface area contributed by atoms with Gasteiger partial charge in [-0.15, -0.1) is 22.6 Å². The molecule has 0 radical (unpaired) electrons. The highest BCUT2D eigenvalue weighted by Gasteiger charge is 2.30. The maximum Gasteiger partial charge on any atom is 0.151 e. The monoisotopic (exact) mass is 455 g/mol. The van der Waals surface area contributed by atoms with Gasteiger partial charge in [-0.25, -0.2) is 0 Å². The smallest absolute Gasteiger partial charge is 0.151 e. The van der Waals surface area contributed by atoms with Crippen LogP contribution in [0.2, 0.25) is 5.02 Å². The van der Waals surface area contributed by atoms with E-state index in [4.69, 9.17) is 16.3 Å². The highest BCUT2D eigenvalue weighted by atomic mass is 35.5. The Morgan fingerprint density at radius 1 is 1.06 bits per heavy atom. The number of para-hydroxylation sites is 1. The van der Waals surface area contributed by atoms with E-state index >= 15 is 0 Å². The molecule has 1 fully saturated rings. The van der Waals surface area contributed by atoms with E-state index in [0.717, 1.165) is 60.2 Å². The van der Waals surface area contributed by atoms with Crippen molar-refractivity contribution in [1.29, 1.82) is 5.26 Å². The normalized spacial score (nSPS) is 19.9. The molecular weight excluding hydrogens is 433 g/mol. The first-order valence-electron chi connectivity index (χ1n) is 10.3. The molecule has 0 amide bonds. The van der Waals surface area contributed by atoms with Gasteiger partial charge in [-0.3, -0.25) is 4.57 Å². The van der Waals surface area contributed by atoms with Crippen LogP contribution >= 0.6 is 24.0 Å². The van der Waals surface area contributed by atoms with Crippen molar-refractivity contribution in [3.05, 3.63) is 70.3 Å². The summed E-state index contributed by atoms with van der Waals surface area (Å²) in [7, 11) is 0. The first kappa shape index (κ1) is 21.6. The summed E-state index contributed by atoms with van der Waals surface area (Å²) in [5.74, 6) is 2.97. The molecule has 1 N–H and O–H groups in total. The van der Waals surface area contributed by atoms with Crippen LogP contribution in [-0.2, 0) is 13.1 Å². The Labute approximate surface area is 192 Å². The fraction of sp³-hybridized carbons (Fsp3) is 0.348. The molecule has 0 bridgehead atoms. The Kier molecular flexibility index (Phi) is 6.47. The molecule has 31 heavy (non-hydrogen) atoms. The number of rotatable bonds is 3. The molecule has 2 heterocycles. The van der Waals surface area contributed by atoms with Crippen molar-refractivity contribution in [1.82, 2.24) is 20.1 Å². The molecule has 0 atom stereocenters. The zero-order valence-electron chi connectivity index (χ0n) is 16.9. The van der Waals surface area contributed by atoms with Crippen LogP contribution in [0.15, 0.2) is 42.5 Å². The number of ether oxygens (including phenoxy) is 1. The van der Waals surface area contributed by atoms with E-state index in [1.54, 1.807) is 6.07 Å². The van der Waals surface area contributed by atoms with Crippen molar-refractivity contribution in [2.45, 2.75) is 50.8 Å². The maximum atomic E-state index is 9.29. The van der Waals surface area contributed by atoms with Gasteiger partial charge in [0.25, 0.3) is 0 Å². The topological polar surface area (TPSA) is 75.8 Å². The molecular formula is C23H23Cl2N5O. The third-order valence-corrected chi connectivity index (χ3v) is 6.21. The number of nitriles is 1. The van der Waals surface area contributed by atoms with Crippen molar-refractivity contribution >= 4 is 24.0 Å². The lowest BCUT2D eigenvalue weighted by molar-refractivity contribution is 0.144. The number of fused-ring (bicyclic) bond motifs is 3. The Morgan fingerprint density at radius 2 is 1.87 bits per heavy atom. The van der Waals surface area contributed by atoms with Gasteiger partial charge in [0.2, 0.25) is 0 Å². The Balaban J connectivity index is 0.00000231. The van der Waals surface area contributed by atoms with E-state index in [2.05, 4.69) is 32.2 Å². The van der Waals surface area contributed by atoms with Crippen molar-refractivity contribution in [3.8, 4) is 17.5 Å². The van der Waals surface area contributed by atoms with Crippen molar-refractivity contribution in [2.24, 2.45) is 0 Å². The van der Waals surface area contributed by atoms with Crippen LogP contribution in [0.1, 0.15) is 54.4 Å². The minimum Gasteiger partial charge on any atom is -0.489 e. The van der Waals surface area contributed by atoms with E-state index in [1.165, 1.54) is 0 Å². The fourth-order valence-corrected chi connectivity index (χ4v) is 4.67. The second kappa shape index (κ2) is 9.27. The average Bonchev–Trinajstić information content (AvgIpc) is 3.10. The van der Waals surface area contributed by atoms with Gasteiger partial charge in [0, 0.05) is 17.5 Å². The van der Waals surface area contributed by atoms with Gasteiger partial charge in [0.1, 0.15) is 17.6 Å². The minimum atomic E-state index is 0. The zero-order chi connectivity index (χ0) is 20.5. The first-order chi connectivity index (χ1) is 14.7. The maximum absolute atomic E-state index is 9.29. The Bertz CT molecular complexity index is 1120. The van der Waals surface area contributed by atoms with Crippen LogP contribution in [0.25, 0.3) is 5.69 Å². The number of hydrogen-bond acceptors (Lipinski definition) is 5. The van der Waals surface area contributed by atoms with E-state index in [1.807, 2.05) is 30.3 Å². The lowest BCUT2D eigenvalue weighted by Gasteiger charge is -2.29. The molecule has 2 aliphatic rings. The van der Waals surface area contributed by atoms with Gasteiger partial charge in [-0.1, -0.05) is 23.7 Å². The molecule has 1 aliphatic carbocycles. The van der Waals surface area contributed by atoms with E-state index in [-0.39, 0.29) is 18.5 Å². The van der Waals surface area contributed by atoms with E-state index in [9.17, 15) is 5.26 Å². The second-order valence-electron chi connectivity index (χ2n) is 7.89. The molecule has 1 aliphatic heterocycles. The van der Waals surface area contributed by atoms with Crippen LogP contribution in [0.3, 0.4) is 0 Å². The third-order valence-electron chi connectivity index (χ3n) is 5.98. The summed E-state index contributed by atoms with van der Waals surface area (Å²) in [5.41, 5.74) is 2.86. The highest BCUT2D eigenvalue weighted by molar-refractivity contribution is 6.30. The molecule has 5 rings (SSSR count). The molecule has 0 saturated heterocycles. The zero-order valence-corrected chi connectivity index (χ0v) is 18.5. The molecule has 0 spiro atoms. The summed E-state index contributed by atoms with van der Waals surface area (Å²) < 4.78 is 8.37. The lowest BCUT2D eigenvalue weighted by atomic mass is 9.86. The van der Waals surface area contributed by atoms with Gasteiger partial charge in [0.05, 0.1) is 23.9 Å². The number of benzene rings is 2. The van der Waals surface area contributed by atoms with Crippen LogP contribution in [0.4, 0.5) is 0 Å². The quantitative estimate of drug-likeness (QED) is 0.606. The summed E-state index contributed by atoms with van der Waals surface area (Å²) >= 11 is 6.22. The van der Waals surface area contributed by atoms with E-state index in [0.29, 0.717) is 23.8 Å². The van der Waals surface area contributed by atoms with Gasteiger partial charge < -0.3 is 10.1 Å². The SMILES string of the molecule is Cl.N#Cc1ccccc1OC1CCC(c2nnc3n2-c2ccc(Cl)cc2CNC3)CC1. The average molecular weight is 456 g/mol. The minimum absolute atomic E-state index is 0. The summed E-state index contributed by atoms with van der Waals surface area (Å²) in [6.45, 7) is 1.44. The molecule has 6 nitrogen and oxygen atoms in total. The van der Waals surface area contributed by atoms with Crippen molar-refractivity contribution in [2.75, 3.05) is 0 Å².